The van der Waals surface area contributed by atoms with Crippen molar-refractivity contribution in [1.82, 2.24) is 0 Å². The smallest absolute Gasteiger partial charge is 0.303 e. The molecule has 3 heteroatoms. The zero-order valence-electron chi connectivity index (χ0n) is 9.45. The minimum absolute atomic E-state index is 0.129. The molecule has 1 aromatic rings. The Morgan fingerprint density at radius 2 is 1.93 bits per heavy atom. The molecule has 1 aromatic carbocycles. The molecule has 1 rings (SSSR count). The molecule has 0 atom stereocenters. The van der Waals surface area contributed by atoms with Crippen LogP contribution >= 0.6 is 0 Å². The van der Waals surface area contributed by atoms with Crippen LogP contribution < -0.4 is 0 Å². The highest BCUT2D eigenvalue weighted by atomic mass is 16.4. The van der Waals surface area contributed by atoms with Crippen LogP contribution in [-0.2, 0) is 11.2 Å². The van der Waals surface area contributed by atoms with Gasteiger partial charge in [0, 0.05) is 6.42 Å². The predicted octanol–water partition coefficient (Wildman–Crippen LogP) is 2.74. The van der Waals surface area contributed by atoms with Gasteiger partial charge in [0.15, 0.2) is 0 Å². The molecular weight excluding hydrogens is 192 g/mol. The molecule has 0 aliphatic heterocycles. The van der Waals surface area contributed by atoms with Crippen LogP contribution in [0.25, 0.3) is 0 Å². The number of rotatable bonds is 3. The zero-order valence-corrected chi connectivity index (χ0v) is 9.45. The molecule has 3 nitrogen and oxygen atoms in total. The minimum atomic E-state index is -0.800. The lowest BCUT2D eigenvalue weighted by molar-refractivity contribution is -0.136. The Morgan fingerprint density at radius 3 is 2.40 bits per heavy atom. The number of benzene rings is 1. The van der Waals surface area contributed by atoms with Crippen LogP contribution in [0.15, 0.2) is 18.2 Å². The highest BCUT2D eigenvalue weighted by molar-refractivity contribution is 5.67. The summed E-state index contributed by atoms with van der Waals surface area (Å²) in [5.74, 6) is -0.551. The van der Waals surface area contributed by atoms with Crippen molar-refractivity contribution in [2.45, 2.75) is 33.6 Å². The Morgan fingerprint density at radius 1 is 1.33 bits per heavy atom. The van der Waals surface area contributed by atoms with Crippen molar-refractivity contribution in [2.24, 2.45) is 0 Å². The van der Waals surface area contributed by atoms with Crippen molar-refractivity contribution in [3.8, 4) is 5.75 Å². The van der Waals surface area contributed by atoms with Gasteiger partial charge in [-0.1, -0.05) is 26.0 Å². The summed E-state index contributed by atoms with van der Waals surface area (Å²) in [5, 5.41) is 17.7. The molecule has 0 fully saturated rings. The van der Waals surface area contributed by atoms with Gasteiger partial charge in [0.25, 0.3) is 0 Å². The van der Waals surface area contributed by atoms with Gasteiger partial charge in [0.05, 0.1) is 0 Å². The van der Waals surface area contributed by atoms with Gasteiger partial charge in [-0.05, 0) is 30.5 Å². The SMILES string of the molecule is CC.Cc1cc(CCC(=O)O)ccc1O. The largest absolute Gasteiger partial charge is 0.508 e. The van der Waals surface area contributed by atoms with E-state index in [-0.39, 0.29) is 12.2 Å². The summed E-state index contributed by atoms with van der Waals surface area (Å²) in [6.07, 6.45) is 0.640. The Hall–Kier alpha value is -1.51. The fourth-order valence-corrected chi connectivity index (χ4v) is 1.12. The molecule has 0 unspecified atom stereocenters. The van der Waals surface area contributed by atoms with Crippen LogP contribution in [0.5, 0.6) is 5.75 Å². The van der Waals surface area contributed by atoms with Crippen molar-refractivity contribution in [3.05, 3.63) is 29.3 Å². The van der Waals surface area contributed by atoms with Crippen LogP contribution in [-0.4, -0.2) is 16.2 Å². The lowest BCUT2D eigenvalue weighted by Crippen LogP contribution is -1.97. The van der Waals surface area contributed by atoms with Crippen LogP contribution in [0.4, 0.5) is 0 Å². The van der Waals surface area contributed by atoms with E-state index in [1.165, 1.54) is 0 Å². The summed E-state index contributed by atoms with van der Waals surface area (Å²) < 4.78 is 0. The molecule has 0 aliphatic rings. The number of phenolic OH excluding ortho intramolecular Hbond substituents is 1. The monoisotopic (exact) mass is 210 g/mol. The molecule has 0 bridgehead atoms. The number of hydrogen-bond donors (Lipinski definition) is 2. The van der Waals surface area contributed by atoms with E-state index in [4.69, 9.17) is 5.11 Å². The number of aliphatic carboxylic acids is 1. The molecule has 0 radical (unpaired) electrons. The number of aromatic hydroxyl groups is 1. The minimum Gasteiger partial charge on any atom is -0.508 e. The molecule has 15 heavy (non-hydrogen) atoms. The van der Waals surface area contributed by atoms with E-state index >= 15 is 0 Å². The molecule has 0 heterocycles. The van der Waals surface area contributed by atoms with E-state index in [9.17, 15) is 9.90 Å². The summed E-state index contributed by atoms with van der Waals surface area (Å²) in [4.78, 5) is 10.3. The van der Waals surface area contributed by atoms with Crippen LogP contribution in [0.3, 0.4) is 0 Å². The standard InChI is InChI=1S/C10H12O3.C2H6/c1-7-6-8(2-4-9(7)11)3-5-10(12)13;1-2/h2,4,6,11H,3,5H2,1H3,(H,12,13);1-2H3. The second-order valence-corrected chi connectivity index (χ2v) is 3.01. The second kappa shape index (κ2) is 6.87. The fourth-order valence-electron chi connectivity index (χ4n) is 1.12. The Labute approximate surface area is 90.4 Å². The van der Waals surface area contributed by atoms with Gasteiger partial charge in [-0.3, -0.25) is 4.79 Å². The zero-order chi connectivity index (χ0) is 11.8. The Bertz CT molecular complexity index is 319. The molecule has 2 N–H and O–H groups in total. The topological polar surface area (TPSA) is 57.5 Å². The number of carboxylic acids is 1. The van der Waals surface area contributed by atoms with Gasteiger partial charge in [-0.15, -0.1) is 0 Å². The lowest BCUT2D eigenvalue weighted by atomic mass is 10.1. The van der Waals surface area contributed by atoms with Crippen LogP contribution in [0.1, 0.15) is 31.4 Å². The van der Waals surface area contributed by atoms with E-state index in [0.717, 1.165) is 11.1 Å². The van der Waals surface area contributed by atoms with Crippen molar-refractivity contribution in [1.29, 1.82) is 0 Å². The predicted molar refractivity (Wildman–Crippen MR) is 60.1 cm³/mol. The first-order chi connectivity index (χ1) is 7.09. The summed E-state index contributed by atoms with van der Waals surface area (Å²) >= 11 is 0. The van der Waals surface area contributed by atoms with E-state index in [2.05, 4.69) is 0 Å². The van der Waals surface area contributed by atoms with Crippen molar-refractivity contribution >= 4 is 5.97 Å². The van der Waals surface area contributed by atoms with Crippen molar-refractivity contribution in [2.75, 3.05) is 0 Å². The molecule has 0 amide bonds. The Balaban J connectivity index is 0.000000921. The van der Waals surface area contributed by atoms with Crippen molar-refractivity contribution < 1.29 is 15.0 Å². The maximum absolute atomic E-state index is 10.3. The van der Waals surface area contributed by atoms with Crippen LogP contribution in [0.2, 0.25) is 0 Å². The molecule has 0 spiro atoms. The van der Waals surface area contributed by atoms with Gasteiger partial charge in [0.2, 0.25) is 0 Å². The first kappa shape index (κ1) is 13.5. The second-order valence-electron chi connectivity index (χ2n) is 3.01. The average molecular weight is 210 g/mol. The van der Waals surface area contributed by atoms with Gasteiger partial charge >= 0.3 is 5.97 Å². The number of hydrogen-bond acceptors (Lipinski definition) is 2. The lowest BCUT2D eigenvalue weighted by Gasteiger charge is -2.02. The van der Waals surface area contributed by atoms with E-state index in [1.807, 2.05) is 13.8 Å². The number of carboxylic acid groups (broad SMARTS) is 1. The van der Waals surface area contributed by atoms with Gasteiger partial charge in [-0.25, -0.2) is 0 Å². The third kappa shape index (κ3) is 5.05. The van der Waals surface area contributed by atoms with E-state index in [1.54, 1.807) is 25.1 Å². The average Bonchev–Trinajstić information content (AvgIpc) is 2.23. The maximum Gasteiger partial charge on any atom is 0.303 e. The summed E-state index contributed by atoms with van der Waals surface area (Å²) in [6.45, 7) is 5.79. The highest BCUT2D eigenvalue weighted by Gasteiger charge is 2.01. The normalized spacial score (nSPS) is 9.00. The van der Waals surface area contributed by atoms with E-state index in [0.29, 0.717) is 6.42 Å². The van der Waals surface area contributed by atoms with E-state index < -0.39 is 5.97 Å². The fraction of sp³-hybridized carbons (Fsp3) is 0.417. The molecule has 0 aliphatic carbocycles. The highest BCUT2D eigenvalue weighted by Crippen LogP contribution is 2.17. The van der Waals surface area contributed by atoms with Crippen molar-refractivity contribution in [3.63, 3.8) is 0 Å². The number of phenols is 1. The van der Waals surface area contributed by atoms with Crippen LogP contribution in [0, 0.1) is 6.92 Å². The number of aryl methyl sites for hydroxylation is 2. The summed E-state index contributed by atoms with van der Waals surface area (Å²) in [6, 6.07) is 5.13. The Kier molecular flexibility index (Phi) is 6.18. The summed E-state index contributed by atoms with van der Waals surface area (Å²) in [7, 11) is 0. The molecule has 84 valence electrons. The third-order valence-corrected chi connectivity index (χ3v) is 1.89. The van der Waals surface area contributed by atoms with Gasteiger partial charge < -0.3 is 10.2 Å². The van der Waals surface area contributed by atoms with Gasteiger partial charge in [0.1, 0.15) is 5.75 Å². The molecule has 0 saturated carbocycles. The molecular formula is C12H18O3. The quantitative estimate of drug-likeness (QED) is 0.806. The number of carbonyl (C=O) groups is 1. The molecule has 0 aromatic heterocycles. The first-order valence-electron chi connectivity index (χ1n) is 5.10. The third-order valence-electron chi connectivity index (χ3n) is 1.89. The first-order valence-corrected chi connectivity index (χ1v) is 5.10. The summed E-state index contributed by atoms with van der Waals surface area (Å²) in [5.41, 5.74) is 1.72. The van der Waals surface area contributed by atoms with Gasteiger partial charge in [-0.2, -0.15) is 0 Å². The molecule has 0 saturated heterocycles. The maximum atomic E-state index is 10.3.